The van der Waals surface area contributed by atoms with Crippen molar-refractivity contribution in [2.45, 2.75) is 25.2 Å². The molecule has 0 aliphatic heterocycles. The lowest BCUT2D eigenvalue weighted by Gasteiger charge is -2.12. The minimum Gasteiger partial charge on any atom is -0.495 e. The second kappa shape index (κ2) is 9.33. The minimum absolute atomic E-state index is 0.0440. The van der Waals surface area contributed by atoms with E-state index in [2.05, 4.69) is 20.0 Å². The molecule has 2 heterocycles. The first-order chi connectivity index (χ1) is 14.3. The van der Waals surface area contributed by atoms with Crippen molar-refractivity contribution >= 4 is 32.4 Å². The van der Waals surface area contributed by atoms with Gasteiger partial charge in [-0.25, -0.2) is 18.1 Å². The second-order valence-corrected chi connectivity index (χ2v) is 9.22. The van der Waals surface area contributed by atoms with Gasteiger partial charge < -0.3 is 10.1 Å². The fourth-order valence-electron chi connectivity index (χ4n) is 2.85. The summed E-state index contributed by atoms with van der Waals surface area (Å²) in [4.78, 5) is 20.5. The van der Waals surface area contributed by atoms with Gasteiger partial charge in [0.25, 0.3) is 0 Å². The monoisotopic (exact) mass is 446 g/mol. The van der Waals surface area contributed by atoms with Gasteiger partial charge in [-0.05, 0) is 48.7 Å². The zero-order valence-corrected chi connectivity index (χ0v) is 18.4. The first-order valence-corrected chi connectivity index (χ1v) is 11.4. The van der Waals surface area contributed by atoms with Crippen molar-refractivity contribution in [2.75, 3.05) is 19.0 Å². The van der Waals surface area contributed by atoms with Crippen LogP contribution in [0.15, 0.2) is 47.6 Å². The molecular weight excluding hydrogens is 424 g/mol. The molecule has 0 aliphatic rings. The number of aromatic nitrogens is 2. The molecular formula is C20H22N4O4S2. The van der Waals surface area contributed by atoms with Gasteiger partial charge in [0.15, 0.2) is 5.13 Å². The summed E-state index contributed by atoms with van der Waals surface area (Å²) in [5, 5.41) is 3.12. The van der Waals surface area contributed by atoms with Crippen LogP contribution in [0.3, 0.4) is 0 Å². The number of amides is 1. The predicted molar refractivity (Wildman–Crippen MR) is 116 cm³/mol. The lowest BCUT2D eigenvalue weighted by atomic mass is 10.1. The van der Waals surface area contributed by atoms with E-state index >= 15 is 0 Å². The summed E-state index contributed by atoms with van der Waals surface area (Å²) in [7, 11) is -2.38. The Labute approximate surface area is 179 Å². The lowest BCUT2D eigenvalue weighted by molar-refractivity contribution is -0.114. The van der Waals surface area contributed by atoms with Gasteiger partial charge in [0, 0.05) is 25.9 Å². The number of thiazole rings is 1. The highest BCUT2D eigenvalue weighted by atomic mass is 32.2. The highest BCUT2D eigenvalue weighted by Gasteiger charge is 2.21. The molecule has 10 heteroatoms. The number of sulfonamides is 1. The number of methoxy groups -OCH3 is 1. The molecule has 158 valence electrons. The highest BCUT2D eigenvalue weighted by molar-refractivity contribution is 7.89. The molecule has 1 aromatic carbocycles. The van der Waals surface area contributed by atoms with Crippen LogP contribution in [0.1, 0.15) is 18.2 Å². The van der Waals surface area contributed by atoms with Crippen molar-refractivity contribution < 1.29 is 17.9 Å². The zero-order chi connectivity index (χ0) is 21.7. The Hall–Kier alpha value is -2.82. The van der Waals surface area contributed by atoms with Crippen LogP contribution in [0.2, 0.25) is 0 Å². The lowest BCUT2D eigenvalue weighted by Crippen LogP contribution is -2.26. The fraction of sp³-hybridized carbons (Fsp3) is 0.250. The summed E-state index contributed by atoms with van der Waals surface area (Å²) in [5.74, 6) is 0.0306. The molecule has 0 unspecified atom stereocenters. The molecule has 1 amide bonds. The van der Waals surface area contributed by atoms with Crippen molar-refractivity contribution in [1.29, 1.82) is 0 Å². The van der Waals surface area contributed by atoms with Crippen molar-refractivity contribution in [2.24, 2.45) is 0 Å². The zero-order valence-electron chi connectivity index (χ0n) is 16.8. The summed E-state index contributed by atoms with van der Waals surface area (Å²) in [6.07, 6.45) is 3.89. The number of nitrogens with one attached hydrogen (secondary N) is 2. The normalized spacial score (nSPS) is 11.3. The summed E-state index contributed by atoms with van der Waals surface area (Å²) >= 11 is 1.28. The Bertz CT molecular complexity index is 1140. The molecule has 0 saturated carbocycles. The number of hydrogen-bond acceptors (Lipinski definition) is 7. The van der Waals surface area contributed by atoms with Crippen LogP contribution in [-0.2, 0) is 21.2 Å². The minimum atomic E-state index is -3.81. The quantitative estimate of drug-likeness (QED) is 0.550. The van der Waals surface area contributed by atoms with Gasteiger partial charge in [-0.1, -0.05) is 17.4 Å². The van der Waals surface area contributed by atoms with Crippen LogP contribution in [0.4, 0.5) is 5.13 Å². The third-order valence-electron chi connectivity index (χ3n) is 4.22. The Morgan fingerprint density at radius 2 is 2.07 bits per heavy atom. The van der Waals surface area contributed by atoms with E-state index in [-0.39, 0.29) is 23.1 Å². The summed E-state index contributed by atoms with van der Waals surface area (Å²) in [6, 6.07) is 8.64. The van der Waals surface area contributed by atoms with Gasteiger partial charge in [0.2, 0.25) is 15.9 Å². The van der Waals surface area contributed by atoms with Crippen molar-refractivity contribution in [3.05, 3.63) is 54.0 Å². The highest BCUT2D eigenvalue weighted by Crippen LogP contribution is 2.36. The summed E-state index contributed by atoms with van der Waals surface area (Å²) in [5.41, 5.74) is 2.31. The van der Waals surface area contributed by atoms with Crippen molar-refractivity contribution in [3.63, 3.8) is 0 Å². The Morgan fingerprint density at radius 1 is 1.27 bits per heavy atom. The maximum Gasteiger partial charge on any atom is 0.244 e. The van der Waals surface area contributed by atoms with Gasteiger partial charge >= 0.3 is 0 Å². The first kappa shape index (κ1) is 21.9. The maximum absolute atomic E-state index is 12.9. The molecule has 0 radical (unpaired) electrons. The molecule has 0 aliphatic carbocycles. The number of carbonyl (C=O) groups is 1. The second-order valence-electron chi connectivity index (χ2n) is 6.49. The van der Waals surface area contributed by atoms with Crippen molar-refractivity contribution in [1.82, 2.24) is 14.7 Å². The molecule has 2 aromatic heterocycles. The number of aryl methyl sites for hydroxylation is 1. The number of benzene rings is 1. The molecule has 0 spiro atoms. The van der Waals surface area contributed by atoms with Crippen LogP contribution in [0.25, 0.3) is 10.4 Å². The summed E-state index contributed by atoms with van der Waals surface area (Å²) in [6.45, 7) is 3.45. The SMILES string of the molecule is COc1ccc(-c2sc(NC(C)=O)nc2C)cc1S(=O)(=O)NCCc1cccnc1. The first-order valence-electron chi connectivity index (χ1n) is 9.12. The predicted octanol–water partition coefficient (Wildman–Crippen LogP) is 3.00. The number of carbonyl (C=O) groups excluding carboxylic acids is 1. The maximum atomic E-state index is 12.9. The topological polar surface area (TPSA) is 110 Å². The van der Waals surface area contributed by atoms with Gasteiger partial charge in [-0.3, -0.25) is 9.78 Å². The van der Waals surface area contributed by atoms with E-state index in [1.165, 1.54) is 25.4 Å². The molecule has 0 bridgehead atoms. The van der Waals surface area contributed by atoms with Crippen LogP contribution in [0, 0.1) is 6.92 Å². The number of rotatable bonds is 8. The average Bonchev–Trinajstić information content (AvgIpc) is 3.07. The van der Waals surface area contributed by atoms with E-state index < -0.39 is 10.0 Å². The largest absolute Gasteiger partial charge is 0.495 e. The average molecular weight is 447 g/mol. The third kappa shape index (κ3) is 5.21. The molecule has 3 rings (SSSR count). The fourth-order valence-corrected chi connectivity index (χ4v) is 5.08. The van der Waals surface area contributed by atoms with Crippen molar-refractivity contribution in [3.8, 4) is 16.2 Å². The van der Waals surface area contributed by atoms with Gasteiger partial charge in [0.1, 0.15) is 10.6 Å². The number of nitrogens with zero attached hydrogens (tertiary/aromatic N) is 2. The van der Waals surface area contributed by atoms with Crippen LogP contribution < -0.4 is 14.8 Å². The number of ether oxygens (including phenoxy) is 1. The number of pyridine rings is 1. The third-order valence-corrected chi connectivity index (χ3v) is 6.83. The molecule has 0 fully saturated rings. The van der Waals surface area contributed by atoms with Crippen LogP contribution >= 0.6 is 11.3 Å². The molecule has 0 saturated heterocycles. The van der Waals surface area contributed by atoms with E-state index in [0.717, 1.165) is 10.4 Å². The smallest absolute Gasteiger partial charge is 0.244 e. The van der Waals surface area contributed by atoms with E-state index in [0.29, 0.717) is 22.8 Å². The standard InChI is InChI=1S/C20H22N4O4S2/c1-13-19(29-20(23-13)24-14(2)25)16-6-7-17(28-3)18(11-16)30(26,27)22-10-8-15-5-4-9-21-12-15/h4-7,9,11-12,22H,8,10H2,1-3H3,(H,23,24,25). The molecule has 2 N–H and O–H groups in total. The number of hydrogen-bond donors (Lipinski definition) is 2. The summed E-state index contributed by atoms with van der Waals surface area (Å²) < 4.78 is 33.8. The van der Waals surface area contributed by atoms with Crippen LogP contribution in [0.5, 0.6) is 5.75 Å². The van der Waals surface area contributed by atoms with E-state index in [4.69, 9.17) is 4.74 Å². The Balaban J connectivity index is 1.87. The van der Waals surface area contributed by atoms with Gasteiger partial charge in [-0.2, -0.15) is 0 Å². The van der Waals surface area contributed by atoms with E-state index in [9.17, 15) is 13.2 Å². The molecule has 8 nitrogen and oxygen atoms in total. The van der Waals surface area contributed by atoms with Crippen LogP contribution in [-0.4, -0.2) is 37.9 Å². The van der Waals surface area contributed by atoms with Gasteiger partial charge in [0.05, 0.1) is 17.7 Å². The Kier molecular flexibility index (Phi) is 6.80. The van der Waals surface area contributed by atoms with E-state index in [1.807, 2.05) is 19.1 Å². The molecule has 0 atom stereocenters. The number of anilines is 1. The Morgan fingerprint density at radius 3 is 2.73 bits per heavy atom. The van der Waals surface area contributed by atoms with E-state index in [1.54, 1.807) is 30.6 Å². The van der Waals surface area contributed by atoms with Gasteiger partial charge in [-0.15, -0.1) is 0 Å². The molecule has 3 aromatic rings. The molecule has 30 heavy (non-hydrogen) atoms.